The van der Waals surface area contributed by atoms with E-state index in [2.05, 4.69) is 5.32 Å². The smallest absolute Gasteiger partial charge is 0.416 e. The van der Waals surface area contributed by atoms with Crippen molar-refractivity contribution in [3.8, 4) is 11.5 Å². The van der Waals surface area contributed by atoms with Gasteiger partial charge in [-0.15, -0.1) is 0 Å². The molecule has 3 rings (SSSR count). The summed E-state index contributed by atoms with van der Waals surface area (Å²) in [6, 6.07) is 13.7. The van der Waals surface area contributed by atoms with E-state index in [9.17, 15) is 23.1 Å². The summed E-state index contributed by atoms with van der Waals surface area (Å²) in [6.07, 6.45) is -4.24. The topological polar surface area (TPSA) is 58.6 Å². The Morgan fingerprint density at radius 2 is 1.77 bits per heavy atom. The minimum absolute atomic E-state index is 0.0241. The molecule has 3 aromatic rings. The van der Waals surface area contributed by atoms with Crippen molar-refractivity contribution in [1.82, 2.24) is 0 Å². The average Bonchev–Trinajstić information content (AvgIpc) is 2.71. The van der Waals surface area contributed by atoms with Gasteiger partial charge in [-0.1, -0.05) is 47.5 Å². The summed E-state index contributed by atoms with van der Waals surface area (Å²) >= 11 is 12.1. The van der Waals surface area contributed by atoms with Crippen LogP contribution in [0.2, 0.25) is 10.0 Å². The lowest BCUT2D eigenvalue weighted by Gasteiger charge is -2.15. The Bertz CT molecular complexity index is 1100. The summed E-state index contributed by atoms with van der Waals surface area (Å²) in [5.74, 6) is -0.730. The number of aromatic hydroxyl groups is 1. The number of phenolic OH excluding ortho intramolecular Hbond substituents is 1. The van der Waals surface area contributed by atoms with E-state index < -0.39 is 17.6 Å². The first-order valence-corrected chi connectivity index (χ1v) is 9.78. The fourth-order valence-corrected chi connectivity index (χ4v) is 3.21. The molecule has 0 saturated heterocycles. The molecule has 0 saturated carbocycles. The molecule has 3 aromatic carbocycles. The van der Waals surface area contributed by atoms with Crippen LogP contribution in [0.4, 0.5) is 18.9 Å². The number of alkyl halides is 3. The number of benzene rings is 3. The van der Waals surface area contributed by atoms with Gasteiger partial charge in [0, 0.05) is 11.4 Å². The van der Waals surface area contributed by atoms with E-state index in [4.69, 9.17) is 27.9 Å². The molecule has 0 unspecified atom stereocenters. The van der Waals surface area contributed by atoms with Crippen LogP contribution in [0.15, 0.2) is 60.7 Å². The van der Waals surface area contributed by atoms with Crippen LogP contribution in [0.25, 0.3) is 0 Å². The number of amides is 1. The Morgan fingerprint density at radius 3 is 2.52 bits per heavy atom. The average molecular weight is 470 g/mol. The summed E-state index contributed by atoms with van der Waals surface area (Å²) in [5, 5.41) is 13.0. The molecule has 4 nitrogen and oxygen atoms in total. The molecule has 0 fully saturated rings. The maximum Gasteiger partial charge on any atom is 0.416 e. The predicted octanol–water partition coefficient (Wildman–Crippen LogP) is 6.59. The number of anilines is 1. The lowest BCUT2D eigenvalue weighted by Crippen LogP contribution is -2.14. The van der Waals surface area contributed by atoms with Crippen molar-refractivity contribution in [3.05, 3.63) is 87.4 Å². The standard InChI is InChI=1S/C22H16Cl2F3NO3/c23-15-7-8-19(29)16(12-15)21(30)28-18-6-2-5-17(24)20(18)31-10-9-13-3-1-4-14(11-13)22(25,26)27/h1-8,11-12,29H,9-10H2,(H,28,30). The van der Waals surface area contributed by atoms with Crippen molar-refractivity contribution in [3.63, 3.8) is 0 Å². The molecule has 31 heavy (non-hydrogen) atoms. The van der Waals surface area contributed by atoms with Crippen molar-refractivity contribution in [1.29, 1.82) is 0 Å². The molecule has 0 heterocycles. The van der Waals surface area contributed by atoms with Crippen LogP contribution in [0.1, 0.15) is 21.5 Å². The molecule has 162 valence electrons. The van der Waals surface area contributed by atoms with Crippen LogP contribution < -0.4 is 10.1 Å². The normalized spacial score (nSPS) is 11.3. The highest BCUT2D eigenvalue weighted by atomic mass is 35.5. The first-order chi connectivity index (χ1) is 14.6. The second-order valence-electron chi connectivity index (χ2n) is 6.53. The van der Waals surface area contributed by atoms with Gasteiger partial charge in [0.2, 0.25) is 0 Å². The predicted molar refractivity (Wildman–Crippen MR) is 113 cm³/mol. The van der Waals surface area contributed by atoms with Crippen LogP contribution in [-0.2, 0) is 12.6 Å². The Morgan fingerprint density at radius 1 is 1.03 bits per heavy atom. The van der Waals surface area contributed by atoms with Crippen molar-refractivity contribution in [2.45, 2.75) is 12.6 Å². The molecule has 0 aliphatic heterocycles. The highest BCUT2D eigenvalue weighted by Crippen LogP contribution is 2.34. The van der Waals surface area contributed by atoms with Gasteiger partial charge in [0.15, 0.2) is 5.75 Å². The molecule has 0 aliphatic carbocycles. The molecule has 0 aromatic heterocycles. The first-order valence-electron chi connectivity index (χ1n) is 9.02. The van der Waals surface area contributed by atoms with Gasteiger partial charge in [-0.05, 0) is 42.0 Å². The zero-order valence-corrected chi connectivity index (χ0v) is 17.4. The molecule has 0 spiro atoms. The fourth-order valence-electron chi connectivity index (χ4n) is 2.81. The number of nitrogens with one attached hydrogen (secondary N) is 1. The zero-order chi connectivity index (χ0) is 22.6. The number of para-hydroxylation sites is 1. The van der Waals surface area contributed by atoms with Crippen LogP contribution in [-0.4, -0.2) is 17.6 Å². The molecule has 0 aliphatic rings. The van der Waals surface area contributed by atoms with E-state index >= 15 is 0 Å². The lowest BCUT2D eigenvalue weighted by atomic mass is 10.1. The number of carbonyl (C=O) groups is 1. The number of hydrogen-bond acceptors (Lipinski definition) is 3. The second kappa shape index (κ2) is 9.49. The van der Waals surface area contributed by atoms with E-state index in [1.807, 2.05) is 0 Å². The number of phenols is 1. The minimum atomic E-state index is -4.43. The Labute approximate surface area is 186 Å². The number of carbonyl (C=O) groups excluding carboxylic acids is 1. The third kappa shape index (κ3) is 5.83. The highest BCUT2D eigenvalue weighted by Gasteiger charge is 2.30. The summed E-state index contributed by atoms with van der Waals surface area (Å²) < 4.78 is 44.3. The van der Waals surface area contributed by atoms with Gasteiger partial charge in [-0.25, -0.2) is 0 Å². The molecule has 1 amide bonds. The van der Waals surface area contributed by atoms with E-state index in [1.165, 1.54) is 24.3 Å². The lowest BCUT2D eigenvalue weighted by molar-refractivity contribution is -0.137. The van der Waals surface area contributed by atoms with E-state index in [1.54, 1.807) is 24.3 Å². The van der Waals surface area contributed by atoms with Gasteiger partial charge < -0.3 is 15.2 Å². The van der Waals surface area contributed by atoms with Gasteiger partial charge in [0.1, 0.15) is 5.75 Å². The van der Waals surface area contributed by atoms with Crippen molar-refractivity contribution < 1.29 is 27.8 Å². The molecule has 0 atom stereocenters. The molecule has 0 radical (unpaired) electrons. The Hall–Kier alpha value is -2.90. The van der Waals surface area contributed by atoms with Crippen molar-refractivity contribution in [2.24, 2.45) is 0 Å². The van der Waals surface area contributed by atoms with Gasteiger partial charge in [-0.2, -0.15) is 13.2 Å². The van der Waals surface area contributed by atoms with E-state index in [-0.39, 0.29) is 45.8 Å². The largest absolute Gasteiger partial charge is 0.507 e. The highest BCUT2D eigenvalue weighted by molar-refractivity contribution is 6.33. The van der Waals surface area contributed by atoms with Gasteiger partial charge in [0.05, 0.1) is 28.4 Å². The van der Waals surface area contributed by atoms with E-state index in [0.717, 1.165) is 12.1 Å². The molecule has 9 heteroatoms. The van der Waals surface area contributed by atoms with Crippen LogP contribution >= 0.6 is 23.2 Å². The zero-order valence-electron chi connectivity index (χ0n) is 15.8. The van der Waals surface area contributed by atoms with Gasteiger partial charge >= 0.3 is 6.18 Å². The Balaban J connectivity index is 1.73. The number of halogens is 5. The van der Waals surface area contributed by atoms with Crippen molar-refractivity contribution >= 4 is 34.8 Å². The summed E-state index contributed by atoms with van der Waals surface area (Å²) in [6.45, 7) is 0.0241. The van der Waals surface area contributed by atoms with Crippen LogP contribution in [0.3, 0.4) is 0 Å². The summed E-state index contributed by atoms with van der Waals surface area (Å²) in [7, 11) is 0. The van der Waals surface area contributed by atoms with Gasteiger partial charge in [-0.3, -0.25) is 4.79 Å². The monoisotopic (exact) mass is 469 g/mol. The number of ether oxygens (including phenoxy) is 1. The molecule has 0 bridgehead atoms. The van der Waals surface area contributed by atoms with E-state index in [0.29, 0.717) is 5.56 Å². The molecular formula is C22H16Cl2F3NO3. The van der Waals surface area contributed by atoms with Gasteiger partial charge in [0.25, 0.3) is 5.91 Å². The van der Waals surface area contributed by atoms with Crippen LogP contribution in [0, 0.1) is 0 Å². The van der Waals surface area contributed by atoms with Crippen molar-refractivity contribution in [2.75, 3.05) is 11.9 Å². The summed E-state index contributed by atoms with van der Waals surface area (Å²) in [5.41, 5.74) is -0.100. The number of hydrogen-bond donors (Lipinski definition) is 2. The SMILES string of the molecule is O=C(Nc1cccc(Cl)c1OCCc1cccc(C(F)(F)F)c1)c1cc(Cl)ccc1O. The van der Waals surface area contributed by atoms with Crippen LogP contribution in [0.5, 0.6) is 11.5 Å². The number of rotatable bonds is 6. The fraction of sp³-hybridized carbons (Fsp3) is 0.136. The maximum atomic E-state index is 12.9. The quantitative estimate of drug-likeness (QED) is 0.427. The minimum Gasteiger partial charge on any atom is -0.507 e. The maximum absolute atomic E-state index is 12.9. The first kappa shape index (κ1) is 22.8. The summed E-state index contributed by atoms with van der Waals surface area (Å²) in [4.78, 5) is 12.5. The third-order valence-corrected chi connectivity index (χ3v) is 4.84. The molecular weight excluding hydrogens is 454 g/mol. The third-order valence-electron chi connectivity index (χ3n) is 4.31. The molecule has 2 N–H and O–H groups in total. The second-order valence-corrected chi connectivity index (χ2v) is 7.37. The Kier molecular flexibility index (Phi) is 6.97.